The molecular formula is C13H13ClFNO4S. The Balaban J connectivity index is 2.48. The van der Waals surface area contributed by atoms with E-state index in [2.05, 4.69) is 0 Å². The number of anilines is 1. The summed E-state index contributed by atoms with van der Waals surface area (Å²) in [5.74, 6) is -1.95. The van der Waals surface area contributed by atoms with Crippen LogP contribution in [0.5, 0.6) is 0 Å². The van der Waals surface area contributed by atoms with E-state index in [-0.39, 0.29) is 16.3 Å². The summed E-state index contributed by atoms with van der Waals surface area (Å²) in [5.41, 5.74) is -0.155. The Morgan fingerprint density at radius 1 is 1.48 bits per heavy atom. The molecule has 0 spiro atoms. The van der Waals surface area contributed by atoms with E-state index in [9.17, 15) is 23.1 Å². The van der Waals surface area contributed by atoms with Gasteiger partial charge >= 0.3 is 5.97 Å². The first kappa shape index (κ1) is 15.9. The molecule has 114 valence electrons. The van der Waals surface area contributed by atoms with Crippen LogP contribution in [0.4, 0.5) is 10.1 Å². The molecule has 0 aliphatic heterocycles. The Morgan fingerprint density at radius 3 is 2.76 bits per heavy atom. The minimum absolute atomic E-state index is 0.00185. The fourth-order valence-corrected chi connectivity index (χ4v) is 3.27. The van der Waals surface area contributed by atoms with Gasteiger partial charge in [-0.25, -0.2) is 13.4 Å². The van der Waals surface area contributed by atoms with Crippen molar-refractivity contribution in [1.29, 1.82) is 0 Å². The predicted octanol–water partition coefficient (Wildman–Crippen LogP) is 2.99. The Bertz CT molecular complexity index is 622. The molecule has 2 rings (SSSR count). The van der Waals surface area contributed by atoms with Crippen LogP contribution in [0.15, 0.2) is 29.8 Å². The molecule has 0 saturated carbocycles. The van der Waals surface area contributed by atoms with E-state index in [1.54, 1.807) is 0 Å². The number of benzene rings is 1. The molecule has 0 heterocycles. The van der Waals surface area contributed by atoms with Gasteiger partial charge in [-0.1, -0.05) is 17.7 Å². The Kier molecular flexibility index (Phi) is 4.97. The molecule has 0 radical (unpaired) electrons. The molecule has 0 fully saturated rings. The minimum Gasteiger partial charge on any atom is -0.478 e. The third-order valence-electron chi connectivity index (χ3n) is 3.25. The van der Waals surface area contributed by atoms with E-state index >= 15 is 0 Å². The van der Waals surface area contributed by atoms with Gasteiger partial charge in [-0.15, -0.1) is 0 Å². The number of hydrogen-bond acceptors (Lipinski definition) is 2. The average molecular weight is 334 g/mol. The lowest BCUT2D eigenvalue weighted by Gasteiger charge is -2.32. The highest BCUT2D eigenvalue weighted by atomic mass is 35.5. The lowest BCUT2D eigenvalue weighted by atomic mass is 9.93. The van der Waals surface area contributed by atoms with Gasteiger partial charge in [0.15, 0.2) is 0 Å². The summed E-state index contributed by atoms with van der Waals surface area (Å²) in [4.78, 5) is 11.3. The maximum absolute atomic E-state index is 14.0. The van der Waals surface area contributed by atoms with Crippen molar-refractivity contribution in [1.82, 2.24) is 0 Å². The number of carbonyl (C=O) groups is 1. The largest absolute Gasteiger partial charge is 0.478 e. The van der Waals surface area contributed by atoms with Gasteiger partial charge in [0, 0.05) is 5.02 Å². The van der Waals surface area contributed by atoms with Crippen molar-refractivity contribution in [3.63, 3.8) is 0 Å². The molecule has 2 unspecified atom stereocenters. The van der Waals surface area contributed by atoms with Gasteiger partial charge in [0.1, 0.15) is 5.82 Å². The number of rotatable bonds is 4. The summed E-state index contributed by atoms with van der Waals surface area (Å²) < 4.78 is 36.0. The molecular weight excluding hydrogens is 321 g/mol. The number of carboxylic acid groups (broad SMARTS) is 1. The highest BCUT2D eigenvalue weighted by molar-refractivity contribution is 7.80. The van der Waals surface area contributed by atoms with Crippen LogP contribution in [0.1, 0.15) is 19.3 Å². The zero-order chi connectivity index (χ0) is 15.6. The van der Waals surface area contributed by atoms with Gasteiger partial charge in [0.05, 0.1) is 17.3 Å². The van der Waals surface area contributed by atoms with Crippen molar-refractivity contribution < 1.29 is 23.1 Å². The standard InChI is InChI=1S/C13H13ClFNO4S/c14-8-5-6-12(10(15)7-8)16(21(19)20)11-4-2-1-3-9(11)13(17)18/h3,5-7,11H,1-2,4H2,(H,17,18)(H,19,20). The number of allylic oxidation sites excluding steroid dienone is 1. The highest BCUT2D eigenvalue weighted by Gasteiger charge is 2.33. The number of nitrogens with zero attached hydrogens (tertiary/aromatic N) is 1. The quantitative estimate of drug-likeness (QED) is 0.830. The van der Waals surface area contributed by atoms with E-state index in [0.29, 0.717) is 19.3 Å². The third kappa shape index (κ3) is 3.42. The molecule has 0 aromatic heterocycles. The molecule has 1 aromatic rings. The topological polar surface area (TPSA) is 77.8 Å². The molecule has 1 aliphatic rings. The summed E-state index contributed by atoms with van der Waals surface area (Å²) >= 11 is 3.10. The summed E-state index contributed by atoms with van der Waals surface area (Å²) in [6.45, 7) is 0. The first-order chi connectivity index (χ1) is 9.91. The number of aliphatic carboxylic acids is 1. The van der Waals surface area contributed by atoms with Crippen LogP contribution in [0.25, 0.3) is 0 Å². The Morgan fingerprint density at radius 2 is 2.19 bits per heavy atom. The van der Waals surface area contributed by atoms with Gasteiger partial charge in [-0.3, -0.25) is 8.86 Å². The molecule has 0 amide bonds. The molecule has 1 aliphatic carbocycles. The van der Waals surface area contributed by atoms with Crippen molar-refractivity contribution in [3.8, 4) is 0 Å². The van der Waals surface area contributed by atoms with Crippen LogP contribution in [-0.4, -0.2) is 25.9 Å². The monoisotopic (exact) mass is 333 g/mol. The number of halogens is 2. The lowest BCUT2D eigenvalue weighted by Crippen LogP contribution is -2.41. The molecule has 0 saturated heterocycles. The smallest absolute Gasteiger partial charge is 0.333 e. The number of carboxylic acids is 1. The van der Waals surface area contributed by atoms with E-state index in [1.165, 1.54) is 18.2 Å². The van der Waals surface area contributed by atoms with E-state index in [1.807, 2.05) is 0 Å². The maximum Gasteiger partial charge on any atom is 0.333 e. The first-order valence-electron chi connectivity index (χ1n) is 6.20. The number of hydrogen-bond donors (Lipinski definition) is 2. The summed E-state index contributed by atoms with van der Waals surface area (Å²) in [6.07, 6.45) is 3.09. The van der Waals surface area contributed by atoms with Gasteiger partial charge in [0.2, 0.25) is 0 Å². The van der Waals surface area contributed by atoms with E-state index < -0.39 is 29.1 Å². The van der Waals surface area contributed by atoms with Crippen LogP contribution in [0.2, 0.25) is 5.02 Å². The second kappa shape index (κ2) is 6.55. The minimum atomic E-state index is -2.56. The van der Waals surface area contributed by atoms with Crippen LogP contribution in [0, 0.1) is 5.82 Å². The van der Waals surface area contributed by atoms with Crippen molar-refractivity contribution in [2.75, 3.05) is 4.31 Å². The van der Waals surface area contributed by atoms with E-state index in [0.717, 1.165) is 10.4 Å². The van der Waals surface area contributed by atoms with Crippen LogP contribution in [0.3, 0.4) is 0 Å². The third-order valence-corrected chi connectivity index (χ3v) is 4.27. The predicted molar refractivity (Wildman–Crippen MR) is 78.0 cm³/mol. The zero-order valence-corrected chi connectivity index (χ0v) is 12.4. The molecule has 2 N–H and O–H groups in total. The zero-order valence-electron chi connectivity index (χ0n) is 10.8. The molecule has 0 bridgehead atoms. The normalized spacial score (nSPS) is 19.8. The highest BCUT2D eigenvalue weighted by Crippen LogP contribution is 2.32. The van der Waals surface area contributed by atoms with Crippen LogP contribution in [-0.2, 0) is 16.1 Å². The summed E-state index contributed by atoms with van der Waals surface area (Å²) in [7, 11) is 0. The van der Waals surface area contributed by atoms with Crippen LogP contribution < -0.4 is 4.31 Å². The first-order valence-corrected chi connectivity index (χ1v) is 7.64. The molecule has 1 aromatic carbocycles. The lowest BCUT2D eigenvalue weighted by molar-refractivity contribution is -0.133. The van der Waals surface area contributed by atoms with Gasteiger partial charge in [0.25, 0.3) is 11.3 Å². The summed E-state index contributed by atoms with van der Waals surface area (Å²) in [6, 6.07) is 2.80. The SMILES string of the molecule is O=C(O)C1=CCCCC1N(c1ccc(Cl)cc1F)S(=O)O. The second-order valence-corrected chi connectivity index (χ2v) is 5.85. The molecule has 2 atom stereocenters. The average Bonchev–Trinajstić information content (AvgIpc) is 2.41. The van der Waals surface area contributed by atoms with Crippen molar-refractivity contribution in [2.45, 2.75) is 25.3 Å². The Hall–Kier alpha value is -1.44. The van der Waals surface area contributed by atoms with Gasteiger partial charge in [-0.2, -0.15) is 0 Å². The Labute approximate surface area is 128 Å². The van der Waals surface area contributed by atoms with Gasteiger partial charge in [-0.05, 0) is 37.5 Å². The molecule has 5 nitrogen and oxygen atoms in total. The van der Waals surface area contributed by atoms with Crippen molar-refractivity contribution in [2.24, 2.45) is 0 Å². The maximum atomic E-state index is 14.0. The van der Waals surface area contributed by atoms with Crippen molar-refractivity contribution in [3.05, 3.63) is 40.7 Å². The molecule has 8 heteroatoms. The van der Waals surface area contributed by atoms with E-state index in [4.69, 9.17) is 11.6 Å². The van der Waals surface area contributed by atoms with Gasteiger partial charge < -0.3 is 5.11 Å². The van der Waals surface area contributed by atoms with Crippen LogP contribution >= 0.6 is 11.6 Å². The molecule has 21 heavy (non-hydrogen) atoms. The fraction of sp³-hybridized carbons (Fsp3) is 0.308. The van der Waals surface area contributed by atoms with Crippen molar-refractivity contribution >= 4 is 34.5 Å². The second-order valence-electron chi connectivity index (χ2n) is 4.56. The summed E-state index contributed by atoms with van der Waals surface area (Å²) in [5, 5.41) is 9.36. The fourth-order valence-electron chi connectivity index (χ4n) is 2.35.